The highest BCUT2D eigenvalue weighted by Crippen LogP contribution is 2.32. The number of fused-ring (bicyclic) bond motifs is 1. The molecule has 4 amide bonds. The summed E-state index contributed by atoms with van der Waals surface area (Å²) in [6, 6.07) is 15.8. The number of piperazine rings is 2. The Labute approximate surface area is 335 Å². The average molecular weight is 772 g/mol. The second kappa shape index (κ2) is 16.2. The topological polar surface area (TPSA) is 117 Å². The van der Waals surface area contributed by atoms with Crippen LogP contribution in [-0.4, -0.2) is 120 Å². The molecule has 13 heteroatoms. The fourth-order valence-corrected chi connectivity index (χ4v) is 9.42. The van der Waals surface area contributed by atoms with Gasteiger partial charge in [0.2, 0.25) is 17.7 Å². The number of nitrogens with one attached hydrogen (secondary N) is 1. The van der Waals surface area contributed by atoms with E-state index in [9.17, 15) is 19.2 Å². The molecule has 1 N–H and O–H groups in total. The lowest BCUT2D eigenvalue weighted by Crippen LogP contribution is -2.58. The molecular formula is C44H53N9O4. The molecule has 0 unspecified atom stereocenters. The first kappa shape index (κ1) is 38.4. The number of benzene rings is 2. The number of hydrogen-bond acceptors (Lipinski definition) is 9. The highest BCUT2D eigenvalue weighted by atomic mass is 16.2. The fourth-order valence-electron chi connectivity index (χ4n) is 9.42. The van der Waals surface area contributed by atoms with Crippen molar-refractivity contribution >= 4 is 46.5 Å². The van der Waals surface area contributed by atoms with Crippen LogP contribution < -0.4 is 20.0 Å². The Morgan fingerprint density at radius 1 is 0.860 bits per heavy atom. The molecule has 298 valence electrons. The number of piperidine rings is 2. The van der Waals surface area contributed by atoms with E-state index in [4.69, 9.17) is 11.6 Å². The van der Waals surface area contributed by atoms with Crippen LogP contribution in [0, 0.1) is 19.4 Å². The number of hydrogen-bond donors (Lipinski definition) is 1. The molecule has 4 fully saturated rings. The molecule has 0 radical (unpaired) electrons. The highest BCUT2D eigenvalue weighted by molar-refractivity contribution is 6.05. The van der Waals surface area contributed by atoms with Gasteiger partial charge in [-0.15, -0.1) is 0 Å². The summed E-state index contributed by atoms with van der Waals surface area (Å²) in [6.45, 7) is 22.3. The molecule has 0 spiro atoms. The SMILES string of the molecule is [C-]#[N+]c1ccc(N2C[C@@H](C)N(C(=O)Cc3ccc(N4CCC(CN5CCN(c6ccc7c(c6)CN([C@H]6CCC(=O)NC6=O)C7=O)CC5)CC4)nc3)C[C@@H]2C)cc1C. The van der Waals surface area contributed by atoms with Gasteiger partial charge in [0.1, 0.15) is 11.9 Å². The largest absolute Gasteiger partial charge is 0.369 e. The minimum Gasteiger partial charge on any atom is -0.369 e. The highest BCUT2D eigenvalue weighted by Gasteiger charge is 2.39. The Balaban J connectivity index is 0.769. The summed E-state index contributed by atoms with van der Waals surface area (Å²) in [5.74, 6) is 0.958. The van der Waals surface area contributed by atoms with E-state index < -0.39 is 6.04 Å². The number of amides is 4. The number of anilines is 3. The maximum Gasteiger partial charge on any atom is 0.255 e. The number of carbonyl (C=O) groups is 4. The van der Waals surface area contributed by atoms with E-state index in [2.05, 4.69) is 67.9 Å². The number of imide groups is 1. The summed E-state index contributed by atoms with van der Waals surface area (Å²) < 4.78 is 0. The van der Waals surface area contributed by atoms with Gasteiger partial charge in [0.05, 0.1) is 13.0 Å². The van der Waals surface area contributed by atoms with Crippen molar-refractivity contribution in [1.82, 2.24) is 25.0 Å². The molecule has 0 aliphatic carbocycles. The first-order chi connectivity index (χ1) is 27.5. The van der Waals surface area contributed by atoms with Gasteiger partial charge in [-0.25, -0.2) is 9.83 Å². The van der Waals surface area contributed by atoms with Crippen LogP contribution in [0.5, 0.6) is 0 Å². The van der Waals surface area contributed by atoms with Crippen LogP contribution >= 0.6 is 0 Å². The predicted octanol–water partition coefficient (Wildman–Crippen LogP) is 4.41. The van der Waals surface area contributed by atoms with Gasteiger partial charge in [0, 0.05) is 107 Å². The standard InChI is InChI=1S/C44H53N9O4/c1-29-21-36(7-9-38(29)45-4)51-25-31(3)52(26-30(51)2)42(55)22-33-5-11-40(46-24-33)50-15-13-32(14-16-50)27-48-17-19-49(20-18-48)35-6-8-37-34(23-35)28-53(44(37)57)39-10-12-41(54)47-43(39)56/h5-9,11,21,23-24,30-32,39H,10,12-20,22,25-28H2,1-3H3,(H,47,54,56)/t30-,31+,39-/m0/s1. The van der Waals surface area contributed by atoms with Crippen molar-refractivity contribution < 1.29 is 19.2 Å². The Hall–Kier alpha value is -5.48. The Morgan fingerprint density at radius 2 is 1.63 bits per heavy atom. The Morgan fingerprint density at radius 3 is 2.33 bits per heavy atom. The van der Waals surface area contributed by atoms with Crippen LogP contribution in [0.4, 0.5) is 22.9 Å². The molecule has 13 nitrogen and oxygen atoms in total. The summed E-state index contributed by atoms with van der Waals surface area (Å²) in [5, 5.41) is 2.38. The Kier molecular flexibility index (Phi) is 10.9. The first-order valence-electron chi connectivity index (χ1n) is 20.5. The monoisotopic (exact) mass is 771 g/mol. The van der Waals surface area contributed by atoms with Crippen LogP contribution in [-0.2, 0) is 27.3 Å². The van der Waals surface area contributed by atoms with E-state index in [0.717, 1.165) is 99.1 Å². The number of carbonyl (C=O) groups excluding carboxylic acids is 4. The quantitative estimate of drug-likeness (QED) is 0.263. The van der Waals surface area contributed by atoms with E-state index in [1.54, 1.807) is 4.90 Å². The van der Waals surface area contributed by atoms with E-state index in [1.165, 1.54) is 0 Å². The van der Waals surface area contributed by atoms with Crippen molar-refractivity contribution in [3.8, 4) is 0 Å². The lowest BCUT2D eigenvalue weighted by atomic mass is 9.95. The van der Waals surface area contributed by atoms with E-state index in [1.807, 2.05) is 42.3 Å². The van der Waals surface area contributed by atoms with Gasteiger partial charge in [-0.3, -0.25) is 29.4 Å². The molecule has 5 aliphatic heterocycles. The van der Waals surface area contributed by atoms with Gasteiger partial charge in [0.25, 0.3) is 5.91 Å². The smallest absolute Gasteiger partial charge is 0.255 e. The zero-order valence-electron chi connectivity index (χ0n) is 33.3. The molecule has 0 saturated carbocycles. The van der Waals surface area contributed by atoms with Crippen molar-refractivity contribution in [3.05, 3.63) is 88.4 Å². The summed E-state index contributed by atoms with van der Waals surface area (Å²) in [4.78, 5) is 72.4. The fraction of sp³-hybridized carbons (Fsp3) is 0.500. The number of aryl methyl sites for hydroxylation is 1. The summed E-state index contributed by atoms with van der Waals surface area (Å²) in [6.07, 6.45) is 5.08. The Bertz CT molecular complexity index is 2070. The van der Waals surface area contributed by atoms with Crippen LogP contribution in [0.15, 0.2) is 54.7 Å². The van der Waals surface area contributed by atoms with Gasteiger partial charge < -0.3 is 24.5 Å². The molecule has 3 atom stereocenters. The third-order valence-electron chi connectivity index (χ3n) is 12.8. The van der Waals surface area contributed by atoms with Crippen molar-refractivity contribution in [1.29, 1.82) is 0 Å². The van der Waals surface area contributed by atoms with Gasteiger partial charge in [0.15, 0.2) is 5.69 Å². The minimum absolute atomic E-state index is 0.0753. The number of aromatic nitrogens is 1. The molecule has 2 aromatic carbocycles. The van der Waals surface area contributed by atoms with Gasteiger partial charge in [-0.05, 0) is 99.0 Å². The van der Waals surface area contributed by atoms with Crippen LogP contribution in [0.25, 0.3) is 4.85 Å². The third-order valence-corrected chi connectivity index (χ3v) is 12.8. The second-order valence-corrected chi connectivity index (χ2v) is 16.6. The van der Waals surface area contributed by atoms with Crippen LogP contribution in [0.1, 0.15) is 66.6 Å². The lowest BCUT2D eigenvalue weighted by Gasteiger charge is -2.45. The van der Waals surface area contributed by atoms with Crippen molar-refractivity contribution in [2.75, 3.05) is 73.6 Å². The van der Waals surface area contributed by atoms with Crippen molar-refractivity contribution in [2.24, 2.45) is 5.92 Å². The molecule has 0 bridgehead atoms. The third kappa shape index (κ3) is 8.05. The molecule has 1 aromatic heterocycles. The minimum atomic E-state index is -0.597. The molecule has 3 aromatic rings. The number of pyridine rings is 1. The van der Waals surface area contributed by atoms with Gasteiger partial charge in [-0.2, -0.15) is 0 Å². The number of nitrogens with zero attached hydrogens (tertiary/aromatic N) is 8. The van der Waals surface area contributed by atoms with Gasteiger partial charge in [-0.1, -0.05) is 12.1 Å². The zero-order valence-corrected chi connectivity index (χ0v) is 33.3. The first-order valence-corrected chi connectivity index (χ1v) is 20.5. The molecule has 57 heavy (non-hydrogen) atoms. The van der Waals surface area contributed by atoms with Crippen molar-refractivity contribution in [2.45, 2.75) is 77.5 Å². The molecule has 8 rings (SSSR count). The zero-order chi connectivity index (χ0) is 39.8. The maximum atomic E-state index is 13.5. The second-order valence-electron chi connectivity index (χ2n) is 16.6. The summed E-state index contributed by atoms with van der Waals surface area (Å²) in [7, 11) is 0. The van der Waals surface area contributed by atoms with E-state index >= 15 is 0 Å². The van der Waals surface area contributed by atoms with E-state index in [-0.39, 0.29) is 42.1 Å². The molecule has 4 saturated heterocycles. The maximum absolute atomic E-state index is 13.5. The van der Waals surface area contributed by atoms with Crippen LogP contribution in [0.3, 0.4) is 0 Å². The molecule has 5 aliphatic rings. The van der Waals surface area contributed by atoms with Crippen molar-refractivity contribution in [3.63, 3.8) is 0 Å². The van der Waals surface area contributed by atoms with Crippen LogP contribution in [0.2, 0.25) is 0 Å². The van der Waals surface area contributed by atoms with Gasteiger partial charge >= 0.3 is 0 Å². The lowest BCUT2D eigenvalue weighted by molar-refractivity contribution is -0.137. The summed E-state index contributed by atoms with van der Waals surface area (Å²) >= 11 is 0. The van der Waals surface area contributed by atoms with E-state index in [0.29, 0.717) is 43.1 Å². The average Bonchev–Trinajstić information content (AvgIpc) is 3.54. The normalized spacial score (nSPS) is 23.4. The summed E-state index contributed by atoms with van der Waals surface area (Å²) in [5.41, 5.74) is 6.41. The molecule has 6 heterocycles. The molecular weight excluding hydrogens is 719 g/mol. The number of rotatable bonds is 8. The predicted molar refractivity (Wildman–Crippen MR) is 219 cm³/mol.